The highest BCUT2D eigenvalue weighted by molar-refractivity contribution is 7.66. The fourth-order valence-electron chi connectivity index (χ4n) is 0. The first-order valence-corrected chi connectivity index (χ1v) is 2.59. The van der Waals surface area contributed by atoms with Crippen LogP contribution in [0.15, 0.2) is 0 Å². The zero-order chi connectivity index (χ0) is 8.99. The largest absolute Gasteiger partial charge is 0.288 e. The lowest BCUT2D eigenvalue weighted by Gasteiger charge is -1.43. The van der Waals surface area contributed by atoms with E-state index in [0.717, 1.165) is 0 Å². The Bertz CT molecular complexity index is 159. The number of thiol groups is 1. The van der Waals surface area contributed by atoms with E-state index in [1.54, 1.807) is 0 Å². The van der Waals surface area contributed by atoms with Crippen LogP contribution in [0.4, 0.5) is 0 Å². The van der Waals surface area contributed by atoms with E-state index in [2.05, 4.69) is 0 Å². The minimum absolute atomic E-state index is 2.00. The van der Waals surface area contributed by atoms with Crippen molar-refractivity contribution in [3.05, 3.63) is 0 Å². The standard InChI is InChI=1S/2H2N3.H2O3S/c2*1-3-2;1-4(2)3/h2*1-2H;4H,(H,1,2,3)/q2*+1;. The second kappa shape index (κ2) is 25.8. The van der Waals surface area contributed by atoms with Crippen LogP contribution in [0.25, 0.3) is 0 Å². The molecule has 0 aliphatic heterocycles. The van der Waals surface area contributed by atoms with Crippen LogP contribution in [-0.4, -0.2) is 13.0 Å². The first kappa shape index (κ1) is 15.8. The molecule has 0 fully saturated rings. The molecule has 0 atom stereocenters. The third kappa shape index (κ3) is 92.4. The highest BCUT2D eigenvalue weighted by Gasteiger charge is 1.44. The van der Waals surface area contributed by atoms with Gasteiger partial charge in [0.25, 0.3) is 11.0 Å². The van der Waals surface area contributed by atoms with Crippen LogP contribution in [0.5, 0.6) is 0 Å². The quantitative estimate of drug-likeness (QED) is 0.122. The Morgan fingerprint density at radius 2 is 1.00 bits per heavy atom. The smallest absolute Gasteiger partial charge is 0.254 e. The van der Waals surface area contributed by atoms with Gasteiger partial charge in [-0.2, -0.15) is 0 Å². The molecule has 9 nitrogen and oxygen atoms in total. The molecule has 5 N–H and O–H groups in total. The summed E-state index contributed by atoms with van der Waals surface area (Å²) in [4.78, 5) is 4.00. The fraction of sp³-hybridized carbons (Fsp3) is 0. The molecule has 0 saturated carbocycles. The molecule has 10 heteroatoms. The van der Waals surface area contributed by atoms with Gasteiger partial charge in [0.2, 0.25) is 9.82 Å². The lowest BCUT2D eigenvalue weighted by Crippen LogP contribution is -1.58. The van der Waals surface area contributed by atoms with Gasteiger partial charge in [0.05, 0.1) is 0 Å². The van der Waals surface area contributed by atoms with Gasteiger partial charge in [-0.15, -0.1) is 0 Å². The Morgan fingerprint density at radius 3 is 1.00 bits per heavy atom. The van der Waals surface area contributed by atoms with Gasteiger partial charge in [0.1, 0.15) is 22.1 Å². The Labute approximate surface area is 56.9 Å². The first-order valence-electron chi connectivity index (χ1n) is 1.46. The molecule has 0 rings (SSSR count). The van der Waals surface area contributed by atoms with E-state index in [4.69, 9.17) is 35.1 Å². The summed E-state index contributed by atoms with van der Waals surface area (Å²) in [7, 11) is -3.12. The summed E-state index contributed by atoms with van der Waals surface area (Å²) in [6, 6.07) is 0. The summed E-state index contributed by atoms with van der Waals surface area (Å²) in [5.41, 5.74) is 22.0. The summed E-state index contributed by atoms with van der Waals surface area (Å²) in [5.74, 6) is 0. The van der Waals surface area contributed by atoms with Gasteiger partial charge in [-0.3, -0.25) is 4.55 Å². The molecular formula is H6N6O3S+2. The zero-order valence-electron chi connectivity index (χ0n) is 4.61. The third-order valence-electron chi connectivity index (χ3n) is 0. The van der Waals surface area contributed by atoms with E-state index in [1.807, 2.05) is 9.82 Å². The van der Waals surface area contributed by atoms with E-state index in [-0.39, 0.29) is 0 Å². The van der Waals surface area contributed by atoms with E-state index >= 15 is 0 Å². The molecule has 10 heavy (non-hydrogen) atoms. The van der Waals surface area contributed by atoms with Crippen molar-refractivity contribution in [1.29, 1.82) is 22.1 Å². The van der Waals surface area contributed by atoms with Crippen LogP contribution in [0.3, 0.4) is 0 Å². The highest BCUT2D eigenvalue weighted by atomic mass is 32.2. The molecule has 0 aromatic heterocycles. The molecule has 0 aromatic carbocycles. The molecule has 0 heterocycles. The Morgan fingerprint density at radius 1 is 1.00 bits per heavy atom. The molecule has 0 aromatic rings. The minimum atomic E-state index is -3.12. The SMILES string of the molecule is N=[N+]=N.N=[N+]=N.O=[SH](=O)O. The lowest BCUT2D eigenvalue weighted by atomic mass is 13.0. The minimum Gasteiger partial charge on any atom is -0.288 e. The fourth-order valence-corrected chi connectivity index (χ4v) is 0. The summed E-state index contributed by atoms with van der Waals surface area (Å²) >= 11 is 0. The monoisotopic (exact) mass is 170 g/mol. The normalized spacial score (nSPS) is 5.00. The summed E-state index contributed by atoms with van der Waals surface area (Å²) < 4.78 is 24.2. The van der Waals surface area contributed by atoms with Crippen molar-refractivity contribution in [3.63, 3.8) is 0 Å². The number of rotatable bonds is 0. The van der Waals surface area contributed by atoms with Gasteiger partial charge < -0.3 is 0 Å². The zero-order valence-corrected chi connectivity index (χ0v) is 5.50. The van der Waals surface area contributed by atoms with Crippen molar-refractivity contribution < 1.29 is 13.0 Å². The molecule has 0 radical (unpaired) electrons. The topological polar surface area (TPSA) is 178 Å². The maximum Gasteiger partial charge on any atom is 0.254 e. The van der Waals surface area contributed by atoms with Gasteiger partial charge in [0.15, 0.2) is 0 Å². The number of hydrogen-bond donors (Lipinski definition) is 6. The highest BCUT2D eigenvalue weighted by Crippen LogP contribution is 1.27. The summed E-state index contributed by atoms with van der Waals surface area (Å²) in [6.07, 6.45) is 0. The van der Waals surface area contributed by atoms with Crippen molar-refractivity contribution in [1.82, 2.24) is 9.82 Å². The van der Waals surface area contributed by atoms with Crippen molar-refractivity contribution in [2.24, 2.45) is 0 Å². The van der Waals surface area contributed by atoms with Gasteiger partial charge in [-0.1, -0.05) is 0 Å². The predicted molar refractivity (Wildman–Crippen MR) is 28.1 cm³/mol. The van der Waals surface area contributed by atoms with Crippen molar-refractivity contribution in [2.45, 2.75) is 0 Å². The number of nitrogens with one attached hydrogen (secondary N) is 4. The average Bonchev–Trinajstić information content (AvgIpc) is 1.65. The Kier molecular flexibility index (Phi) is 40.8. The van der Waals surface area contributed by atoms with Crippen LogP contribution in [0.2, 0.25) is 0 Å². The molecular weight excluding hydrogens is 164 g/mol. The Hall–Kier alpha value is -1.47. The van der Waals surface area contributed by atoms with Crippen LogP contribution in [0, 0.1) is 22.1 Å². The number of nitrogens with zero attached hydrogens (tertiary/aromatic N) is 2. The molecule has 0 bridgehead atoms. The Balaban J connectivity index is -0.0000000750. The van der Waals surface area contributed by atoms with Gasteiger partial charge in [-0.25, -0.2) is 8.42 Å². The van der Waals surface area contributed by atoms with Crippen LogP contribution in [-0.2, 0) is 11.0 Å². The summed E-state index contributed by atoms with van der Waals surface area (Å²) in [6.45, 7) is 0. The molecule has 0 amide bonds. The molecule has 0 unspecified atom stereocenters. The first-order chi connectivity index (χ1) is 4.56. The molecule has 0 aliphatic rings. The second-order valence-electron chi connectivity index (χ2n) is 0.461. The van der Waals surface area contributed by atoms with E-state index in [0.29, 0.717) is 0 Å². The number of hydrogen-bond acceptors (Lipinski definition) is 6. The van der Waals surface area contributed by atoms with Crippen LogP contribution < -0.4 is 9.82 Å². The predicted octanol–water partition coefficient (Wildman–Crippen LogP) is -0.698. The van der Waals surface area contributed by atoms with Crippen LogP contribution >= 0.6 is 0 Å². The van der Waals surface area contributed by atoms with Gasteiger partial charge in [0, 0.05) is 0 Å². The van der Waals surface area contributed by atoms with E-state index in [9.17, 15) is 0 Å². The van der Waals surface area contributed by atoms with E-state index < -0.39 is 11.0 Å². The van der Waals surface area contributed by atoms with Gasteiger partial charge in [-0.05, 0) is 0 Å². The third-order valence-corrected chi connectivity index (χ3v) is 0. The maximum atomic E-state index is 8.59. The average molecular weight is 170 g/mol. The molecule has 0 aliphatic carbocycles. The van der Waals surface area contributed by atoms with Gasteiger partial charge >= 0.3 is 0 Å². The maximum absolute atomic E-state index is 8.59. The van der Waals surface area contributed by atoms with Crippen molar-refractivity contribution >= 4 is 11.0 Å². The van der Waals surface area contributed by atoms with Crippen molar-refractivity contribution in [2.75, 3.05) is 0 Å². The molecule has 0 spiro atoms. The molecule has 0 saturated heterocycles. The van der Waals surface area contributed by atoms with Crippen molar-refractivity contribution in [3.8, 4) is 0 Å². The van der Waals surface area contributed by atoms with Crippen LogP contribution in [0.1, 0.15) is 0 Å². The second-order valence-corrected chi connectivity index (χ2v) is 0.937. The lowest BCUT2D eigenvalue weighted by molar-refractivity contribution is 0.509. The molecule has 58 valence electrons. The van der Waals surface area contributed by atoms with E-state index in [1.165, 1.54) is 0 Å². The summed E-state index contributed by atoms with van der Waals surface area (Å²) in [5, 5.41) is 0.